The van der Waals surface area contributed by atoms with Gasteiger partial charge in [-0.15, -0.1) is 0 Å². The Morgan fingerprint density at radius 3 is 2.46 bits per heavy atom. The maximum absolute atomic E-state index is 13.3. The van der Waals surface area contributed by atoms with Crippen LogP contribution < -0.4 is 0 Å². The van der Waals surface area contributed by atoms with E-state index in [0.717, 1.165) is 40.8 Å². The fourth-order valence-electron chi connectivity index (χ4n) is 6.78. The van der Waals surface area contributed by atoms with Gasteiger partial charge in [0.1, 0.15) is 0 Å². The Morgan fingerprint density at radius 2 is 1.73 bits per heavy atom. The summed E-state index contributed by atoms with van der Waals surface area (Å²) in [6.45, 7) is 3.81. The third-order valence-corrected chi connectivity index (χ3v) is 9.42. The zero-order valence-corrected chi connectivity index (χ0v) is 25.5. The number of rotatable bonds is 9. The molecule has 4 aromatic rings. The molecule has 0 radical (unpaired) electrons. The minimum Gasteiger partial charge on any atom is -0.484 e. The van der Waals surface area contributed by atoms with Crippen LogP contribution in [0.2, 0.25) is 0 Å². The Bertz CT molecular complexity index is 1550. The minimum atomic E-state index is -1.14. The van der Waals surface area contributed by atoms with Gasteiger partial charge >= 0.3 is 0 Å². The molecule has 4 aromatic carbocycles. The minimum absolute atomic E-state index is 0.0705. The molecule has 0 spiro atoms. The number of hydrogen-bond acceptors (Lipinski definition) is 4. The Labute approximate surface area is 251 Å². The van der Waals surface area contributed by atoms with Crippen LogP contribution in [0, 0.1) is 5.92 Å². The van der Waals surface area contributed by atoms with E-state index in [4.69, 9.17) is 9.73 Å². The third-order valence-electron chi connectivity index (χ3n) is 8.93. The number of fused-ring (bicyclic) bond motifs is 2. The highest BCUT2D eigenvalue weighted by Gasteiger charge is 2.51. The summed E-state index contributed by atoms with van der Waals surface area (Å²) in [7, 11) is 3.85. The SMILES string of the molecule is COC1=Nc2ccc(Br)cc2C(C)C1C(c1ccccc1)C(O)(CCN(C)Cc1ccccc1)c1cccc2c1C2. The van der Waals surface area contributed by atoms with Crippen LogP contribution in [0.1, 0.15) is 58.6 Å². The van der Waals surface area contributed by atoms with Crippen molar-refractivity contribution in [2.24, 2.45) is 10.9 Å². The third kappa shape index (κ3) is 5.51. The van der Waals surface area contributed by atoms with Crippen LogP contribution in [0.15, 0.2) is 107 Å². The fourth-order valence-corrected chi connectivity index (χ4v) is 7.16. The van der Waals surface area contributed by atoms with E-state index in [1.54, 1.807) is 7.11 Å². The monoisotopic (exact) mass is 608 g/mol. The molecule has 0 saturated carbocycles. The lowest BCUT2D eigenvalue weighted by atomic mass is 9.63. The van der Waals surface area contributed by atoms with Gasteiger partial charge < -0.3 is 14.7 Å². The maximum atomic E-state index is 13.3. The Morgan fingerprint density at radius 1 is 1.00 bits per heavy atom. The molecule has 0 bridgehead atoms. The molecule has 210 valence electrons. The zero-order valence-electron chi connectivity index (χ0n) is 23.9. The zero-order chi connectivity index (χ0) is 28.6. The van der Waals surface area contributed by atoms with Crippen LogP contribution in [0.4, 0.5) is 5.69 Å². The second-order valence-corrected chi connectivity index (χ2v) is 12.5. The lowest BCUT2D eigenvalue weighted by Gasteiger charge is -2.45. The van der Waals surface area contributed by atoms with Crippen LogP contribution >= 0.6 is 15.9 Å². The summed E-state index contributed by atoms with van der Waals surface area (Å²) < 4.78 is 7.09. The van der Waals surface area contributed by atoms with Crippen molar-refractivity contribution < 1.29 is 9.84 Å². The first-order chi connectivity index (χ1) is 19.9. The van der Waals surface area contributed by atoms with E-state index in [2.05, 4.69) is 108 Å². The number of aliphatic imine (C=N–C) groups is 1. The molecule has 4 unspecified atom stereocenters. The predicted octanol–water partition coefficient (Wildman–Crippen LogP) is 7.96. The van der Waals surface area contributed by atoms with Crippen molar-refractivity contribution in [3.8, 4) is 0 Å². The molecule has 0 amide bonds. The lowest BCUT2D eigenvalue weighted by Crippen LogP contribution is -2.45. The van der Waals surface area contributed by atoms with E-state index in [-0.39, 0.29) is 17.8 Å². The Hall–Kier alpha value is -3.25. The van der Waals surface area contributed by atoms with Gasteiger partial charge in [-0.1, -0.05) is 102 Å². The van der Waals surface area contributed by atoms with E-state index >= 15 is 0 Å². The van der Waals surface area contributed by atoms with Crippen molar-refractivity contribution in [2.75, 3.05) is 20.7 Å². The highest BCUT2D eigenvalue weighted by Crippen LogP contribution is 2.54. The number of nitrogens with zero attached hydrogens (tertiary/aromatic N) is 2. The predicted molar refractivity (Wildman–Crippen MR) is 170 cm³/mol. The largest absolute Gasteiger partial charge is 0.484 e. The summed E-state index contributed by atoms with van der Waals surface area (Å²) in [5.41, 5.74) is 6.97. The van der Waals surface area contributed by atoms with E-state index < -0.39 is 5.60 Å². The van der Waals surface area contributed by atoms with Crippen molar-refractivity contribution in [3.63, 3.8) is 0 Å². The van der Waals surface area contributed by atoms with Gasteiger partial charge in [0, 0.05) is 23.5 Å². The molecule has 41 heavy (non-hydrogen) atoms. The summed E-state index contributed by atoms with van der Waals surface area (Å²) >= 11 is 3.68. The number of ether oxygens (including phenoxy) is 1. The normalized spacial score (nSPS) is 19.5. The average Bonchev–Trinajstić information content (AvgIpc) is 3.79. The van der Waals surface area contributed by atoms with Gasteiger partial charge in [0.15, 0.2) is 5.90 Å². The summed E-state index contributed by atoms with van der Waals surface area (Å²) in [6.07, 6.45) is 1.52. The Balaban J connectivity index is 1.46. The van der Waals surface area contributed by atoms with Gasteiger partial charge in [-0.25, -0.2) is 4.99 Å². The van der Waals surface area contributed by atoms with Gasteiger partial charge in [-0.2, -0.15) is 0 Å². The summed E-state index contributed by atoms with van der Waals surface area (Å²) in [6, 6.07) is 33.7. The molecule has 1 aliphatic heterocycles. The van der Waals surface area contributed by atoms with Crippen LogP contribution in [0.25, 0.3) is 0 Å². The molecule has 4 nitrogen and oxygen atoms in total. The van der Waals surface area contributed by atoms with Crippen molar-refractivity contribution in [1.29, 1.82) is 0 Å². The molecule has 4 atom stereocenters. The molecule has 0 fully saturated rings. The van der Waals surface area contributed by atoms with Gasteiger partial charge in [-0.3, -0.25) is 0 Å². The number of halogens is 1. The molecule has 1 aliphatic carbocycles. The van der Waals surface area contributed by atoms with E-state index in [1.165, 1.54) is 22.3 Å². The molecule has 6 rings (SSSR count). The number of benzene rings is 4. The van der Waals surface area contributed by atoms with Crippen molar-refractivity contribution in [2.45, 2.75) is 43.7 Å². The van der Waals surface area contributed by atoms with Gasteiger partial charge in [0.2, 0.25) is 0 Å². The van der Waals surface area contributed by atoms with E-state index in [9.17, 15) is 5.11 Å². The molecule has 1 N–H and O–H groups in total. The van der Waals surface area contributed by atoms with Crippen LogP contribution in [0.3, 0.4) is 0 Å². The van der Waals surface area contributed by atoms with Crippen molar-refractivity contribution in [1.82, 2.24) is 4.90 Å². The van der Waals surface area contributed by atoms with Crippen molar-refractivity contribution >= 4 is 27.5 Å². The van der Waals surface area contributed by atoms with Crippen LogP contribution in [-0.4, -0.2) is 36.6 Å². The number of methoxy groups -OCH3 is 1. The van der Waals surface area contributed by atoms with Gasteiger partial charge in [0.25, 0.3) is 0 Å². The second kappa shape index (κ2) is 11.6. The molecule has 5 heteroatoms. The van der Waals surface area contributed by atoms with Gasteiger partial charge in [0.05, 0.1) is 24.3 Å². The standard InChI is InChI=1S/C36H37BrN2O2/c1-24-29-22-28(37)17-18-32(29)38-35(41-3)33(24)34(26-13-8-5-9-14-26)36(40,31-16-10-15-27-21-30(27)31)19-20-39(2)23-25-11-6-4-7-12-25/h4-18,22,24,33-34,40H,19-21,23H2,1-3H3. The second-order valence-electron chi connectivity index (χ2n) is 11.6. The quantitative estimate of drug-likeness (QED) is 0.185. The van der Waals surface area contributed by atoms with Crippen LogP contribution in [0.5, 0.6) is 0 Å². The molecular formula is C36H37BrN2O2. The maximum Gasteiger partial charge on any atom is 0.192 e. The Kier molecular flexibility index (Phi) is 7.86. The molecule has 1 heterocycles. The number of aliphatic hydroxyl groups is 1. The highest BCUT2D eigenvalue weighted by atomic mass is 79.9. The summed E-state index contributed by atoms with van der Waals surface area (Å²) in [4.78, 5) is 7.34. The molecule has 0 saturated heterocycles. The lowest BCUT2D eigenvalue weighted by molar-refractivity contribution is -0.0243. The van der Waals surface area contributed by atoms with Crippen molar-refractivity contribution in [3.05, 3.63) is 135 Å². The van der Waals surface area contributed by atoms with Gasteiger partial charge in [-0.05, 0) is 77.4 Å². The summed E-state index contributed by atoms with van der Waals surface area (Å²) in [5.74, 6) is 0.306. The topological polar surface area (TPSA) is 45.1 Å². The average molecular weight is 610 g/mol. The first-order valence-corrected chi connectivity index (χ1v) is 15.2. The molecular weight excluding hydrogens is 572 g/mol. The molecule has 2 aliphatic rings. The van der Waals surface area contributed by atoms with E-state index in [0.29, 0.717) is 12.3 Å². The van der Waals surface area contributed by atoms with Crippen LogP contribution in [-0.2, 0) is 23.3 Å². The van der Waals surface area contributed by atoms with E-state index in [1.807, 2.05) is 24.3 Å². The highest BCUT2D eigenvalue weighted by molar-refractivity contribution is 9.10. The first-order valence-electron chi connectivity index (χ1n) is 14.4. The smallest absolute Gasteiger partial charge is 0.192 e. The fraction of sp³-hybridized carbons (Fsp3) is 0.306. The number of hydrogen-bond donors (Lipinski definition) is 1. The first kappa shape index (κ1) is 27.9. The summed E-state index contributed by atoms with van der Waals surface area (Å²) in [5, 5.41) is 13.3. The molecule has 0 aromatic heterocycles.